The number of carbonyl (C=O) groups excluding carboxylic acids is 3. The minimum atomic E-state index is -0.939. The van der Waals surface area contributed by atoms with Crippen molar-refractivity contribution in [2.45, 2.75) is 80.4 Å². The number of pyridine rings is 1. The molecule has 11 heteroatoms. The van der Waals surface area contributed by atoms with Gasteiger partial charge >= 0.3 is 12.1 Å². The van der Waals surface area contributed by atoms with Crippen LogP contribution in [0, 0.1) is 0 Å². The summed E-state index contributed by atoms with van der Waals surface area (Å²) >= 11 is 1.56. The van der Waals surface area contributed by atoms with Gasteiger partial charge in [0.25, 0.3) is 5.91 Å². The zero-order valence-corrected chi connectivity index (χ0v) is 28.4. The number of ether oxygens (including phenoxy) is 4. The molecular formula is C37H41N3O7S. The molecule has 1 saturated carbocycles. The van der Waals surface area contributed by atoms with Crippen LogP contribution in [0.15, 0.2) is 88.8 Å². The Hall–Kier alpha value is -4.77. The number of benzene rings is 3. The molecule has 1 heterocycles. The van der Waals surface area contributed by atoms with E-state index >= 15 is 0 Å². The molecule has 2 amide bonds. The second kappa shape index (κ2) is 15.9. The van der Waals surface area contributed by atoms with Gasteiger partial charge in [0.1, 0.15) is 17.7 Å². The standard InChI is InChI=1S/C37H41N3O7S/c1-37(2,3)47-36(43)40-29(35(42)46-26-12-8-9-13-26)19-21-45-32-23-30-28(22-31(32)44-4)33(18-20-38-30)48-27-16-14-25(15-17-27)39-34(41)24-10-6-5-7-11-24/h5-7,10-11,14-18,20,22-23,26,29H,8-9,12-13,19,21H2,1-4H3,(H,39,41)(H,40,43). The molecular weight excluding hydrogens is 630 g/mol. The molecule has 1 fully saturated rings. The molecule has 1 aromatic heterocycles. The van der Waals surface area contributed by atoms with Crippen LogP contribution in [-0.4, -0.2) is 54.4 Å². The van der Waals surface area contributed by atoms with Crippen LogP contribution in [-0.2, 0) is 14.3 Å². The van der Waals surface area contributed by atoms with Crippen LogP contribution in [0.3, 0.4) is 0 Å². The number of amides is 2. The number of anilines is 1. The van der Waals surface area contributed by atoms with Gasteiger partial charge in [-0.1, -0.05) is 30.0 Å². The predicted octanol–water partition coefficient (Wildman–Crippen LogP) is 7.79. The van der Waals surface area contributed by atoms with Crippen LogP contribution >= 0.6 is 11.8 Å². The van der Waals surface area contributed by atoms with Gasteiger partial charge in [-0.3, -0.25) is 9.78 Å². The molecule has 1 aliphatic rings. The van der Waals surface area contributed by atoms with Gasteiger partial charge in [-0.05, 0) is 95.0 Å². The number of rotatable bonds is 12. The minimum Gasteiger partial charge on any atom is -0.493 e. The molecule has 1 atom stereocenters. The number of fused-ring (bicyclic) bond motifs is 1. The number of nitrogens with one attached hydrogen (secondary N) is 2. The summed E-state index contributed by atoms with van der Waals surface area (Å²) in [4.78, 5) is 44.6. The quantitative estimate of drug-likeness (QED) is 0.145. The van der Waals surface area contributed by atoms with E-state index < -0.39 is 23.7 Å². The zero-order valence-electron chi connectivity index (χ0n) is 27.6. The molecule has 2 N–H and O–H groups in total. The van der Waals surface area contributed by atoms with E-state index in [1.807, 2.05) is 54.6 Å². The van der Waals surface area contributed by atoms with Gasteiger partial charge in [0.05, 0.1) is 19.2 Å². The molecule has 0 saturated heterocycles. The van der Waals surface area contributed by atoms with Crippen molar-refractivity contribution in [1.29, 1.82) is 0 Å². The van der Waals surface area contributed by atoms with Crippen LogP contribution in [0.2, 0.25) is 0 Å². The highest BCUT2D eigenvalue weighted by Gasteiger charge is 2.29. The third-order valence-corrected chi connectivity index (χ3v) is 8.67. The summed E-state index contributed by atoms with van der Waals surface area (Å²) in [5, 5.41) is 6.46. The van der Waals surface area contributed by atoms with Crippen molar-refractivity contribution in [3.05, 3.63) is 84.6 Å². The first-order valence-electron chi connectivity index (χ1n) is 16.0. The van der Waals surface area contributed by atoms with E-state index in [0.29, 0.717) is 28.3 Å². The van der Waals surface area contributed by atoms with E-state index in [0.717, 1.165) is 40.9 Å². The first-order chi connectivity index (χ1) is 23.1. The smallest absolute Gasteiger partial charge is 0.408 e. The van der Waals surface area contributed by atoms with Crippen LogP contribution in [0.25, 0.3) is 10.9 Å². The Bertz CT molecular complexity index is 1720. The Morgan fingerprint density at radius 3 is 2.38 bits per heavy atom. The lowest BCUT2D eigenvalue weighted by molar-refractivity contribution is -0.151. The van der Waals surface area contributed by atoms with Gasteiger partial charge in [0, 0.05) is 45.1 Å². The molecule has 48 heavy (non-hydrogen) atoms. The van der Waals surface area contributed by atoms with Gasteiger partial charge in [-0.25, -0.2) is 9.59 Å². The normalized spacial score (nSPS) is 13.8. The molecule has 1 aliphatic carbocycles. The number of esters is 1. The summed E-state index contributed by atoms with van der Waals surface area (Å²) in [6, 6.07) is 21.4. The number of hydrogen-bond donors (Lipinski definition) is 2. The maximum Gasteiger partial charge on any atom is 0.408 e. The van der Waals surface area contributed by atoms with Crippen LogP contribution in [0.1, 0.15) is 63.2 Å². The van der Waals surface area contributed by atoms with Crippen molar-refractivity contribution in [1.82, 2.24) is 10.3 Å². The molecule has 3 aromatic carbocycles. The van der Waals surface area contributed by atoms with E-state index in [4.69, 9.17) is 18.9 Å². The summed E-state index contributed by atoms with van der Waals surface area (Å²) in [5.74, 6) is 0.289. The summed E-state index contributed by atoms with van der Waals surface area (Å²) in [6.45, 7) is 5.38. The number of alkyl carbamates (subject to hydrolysis) is 1. The number of hydrogen-bond acceptors (Lipinski definition) is 9. The van der Waals surface area contributed by atoms with Gasteiger partial charge in [-0.15, -0.1) is 0 Å². The maximum atomic E-state index is 13.0. The van der Waals surface area contributed by atoms with Crippen molar-refractivity contribution in [3.8, 4) is 11.5 Å². The van der Waals surface area contributed by atoms with E-state index in [-0.39, 0.29) is 25.0 Å². The lowest BCUT2D eigenvalue weighted by Gasteiger charge is -2.24. The second-order valence-corrected chi connectivity index (χ2v) is 13.6. The number of aromatic nitrogens is 1. The Kier molecular flexibility index (Phi) is 11.4. The largest absolute Gasteiger partial charge is 0.493 e. The van der Waals surface area contributed by atoms with E-state index in [1.165, 1.54) is 0 Å². The predicted molar refractivity (Wildman–Crippen MR) is 185 cm³/mol. The second-order valence-electron chi connectivity index (χ2n) is 12.5. The zero-order chi connectivity index (χ0) is 34.1. The minimum absolute atomic E-state index is 0.101. The van der Waals surface area contributed by atoms with Crippen molar-refractivity contribution in [3.63, 3.8) is 0 Å². The lowest BCUT2D eigenvalue weighted by atomic mass is 10.2. The Morgan fingerprint density at radius 1 is 0.958 bits per heavy atom. The average Bonchev–Trinajstić information content (AvgIpc) is 3.57. The fourth-order valence-corrected chi connectivity index (χ4v) is 6.18. The Balaban J connectivity index is 1.25. The highest BCUT2D eigenvalue weighted by molar-refractivity contribution is 7.99. The summed E-state index contributed by atoms with van der Waals surface area (Å²) < 4.78 is 22.9. The molecule has 5 rings (SSSR count). The van der Waals surface area contributed by atoms with Crippen LogP contribution < -0.4 is 20.1 Å². The summed E-state index contributed by atoms with van der Waals surface area (Å²) in [5.41, 5.74) is 1.28. The molecule has 252 valence electrons. The van der Waals surface area contributed by atoms with Gasteiger partial charge < -0.3 is 29.6 Å². The highest BCUT2D eigenvalue weighted by atomic mass is 32.2. The number of nitrogens with zero attached hydrogens (tertiary/aromatic N) is 1. The topological polar surface area (TPSA) is 125 Å². The molecule has 0 radical (unpaired) electrons. The first kappa shape index (κ1) is 34.6. The Morgan fingerprint density at radius 2 is 1.69 bits per heavy atom. The average molecular weight is 672 g/mol. The third-order valence-electron chi connectivity index (χ3n) is 7.59. The molecule has 1 unspecified atom stereocenters. The summed E-state index contributed by atoms with van der Waals surface area (Å²) in [6.07, 6.45) is 4.73. The fourth-order valence-electron chi connectivity index (χ4n) is 5.25. The maximum absolute atomic E-state index is 13.0. The van der Waals surface area contributed by atoms with Crippen molar-refractivity contribution >= 4 is 46.3 Å². The van der Waals surface area contributed by atoms with Crippen molar-refractivity contribution in [2.75, 3.05) is 19.0 Å². The first-order valence-corrected chi connectivity index (χ1v) is 16.8. The Labute approximate surface area is 284 Å². The number of methoxy groups -OCH3 is 1. The van der Waals surface area contributed by atoms with Crippen LogP contribution in [0.4, 0.5) is 10.5 Å². The van der Waals surface area contributed by atoms with Crippen molar-refractivity contribution < 1.29 is 33.3 Å². The van der Waals surface area contributed by atoms with E-state index in [9.17, 15) is 14.4 Å². The molecule has 0 spiro atoms. The van der Waals surface area contributed by atoms with Crippen LogP contribution in [0.5, 0.6) is 11.5 Å². The van der Waals surface area contributed by atoms with Gasteiger partial charge in [0.2, 0.25) is 0 Å². The van der Waals surface area contributed by atoms with Crippen molar-refractivity contribution in [2.24, 2.45) is 0 Å². The SMILES string of the molecule is COc1cc2c(Sc3ccc(NC(=O)c4ccccc4)cc3)ccnc2cc1OCCC(NC(=O)OC(C)(C)C)C(=O)OC1CCCC1. The highest BCUT2D eigenvalue weighted by Crippen LogP contribution is 2.38. The molecule has 0 bridgehead atoms. The monoisotopic (exact) mass is 671 g/mol. The van der Waals surface area contributed by atoms with Gasteiger partial charge in [0.15, 0.2) is 11.5 Å². The van der Waals surface area contributed by atoms with E-state index in [1.54, 1.807) is 64.0 Å². The van der Waals surface area contributed by atoms with Gasteiger partial charge in [-0.2, -0.15) is 0 Å². The van der Waals surface area contributed by atoms with E-state index in [2.05, 4.69) is 15.6 Å². The third kappa shape index (κ3) is 9.63. The molecule has 4 aromatic rings. The lowest BCUT2D eigenvalue weighted by Crippen LogP contribution is -2.45. The molecule has 10 nitrogen and oxygen atoms in total. The number of carbonyl (C=O) groups is 3. The fraction of sp³-hybridized carbons (Fsp3) is 0.351. The molecule has 0 aliphatic heterocycles. The summed E-state index contributed by atoms with van der Waals surface area (Å²) in [7, 11) is 1.56.